The van der Waals surface area contributed by atoms with Crippen LogP contribution in [0.25, 0.3) is 0 Å². The molecule has 1 aliphatic carbocycles. The number of rotatable bonds is 5. The van der Waals surface area contributed by atoms with E-state index in [2.05, 4.69) is 4.72 Å². The van der Waals surface area contributed by atoms with E-state index in [0.717, 1.165) is 3.57 Å². The molecule has 1 aromatic rings. The minimum absolute atomic E-state index is 0.136. The molecule has 0 spiro atoms. The summed E-state index contributed by atoms with van der Waals surface area (Å²) in [6.45, 7) is 0. The third-order valence-electron chi connectivity index (χ3n) is 3.88. The van der Waals surface area contributed by atoms with Crippen molar-refractivity contribution in [2.45, 2.75) is 36.6 Å². The van der Waals surface area contributed by atoms with Crippen LogP contribution in [-0.2, 0) is 14.8 Å². The second-order valence-corrected chi connectivity index (χ2v) is 8.24. The number of methoxy groups -OCH3 is 1. The topological polar surface area (TPSA) is 98.5 Å². The van der Waals surface area contributed by atoms with Gasteiger partial charge in [-0.3, -0.25) is 4.79 Å². The van der Waals surface area contributed by atoms with Gasteiger partial charge in [0, 0.05) is 12.0 Å². The highest BCUT2D eigenvalue weighted by atomic mass is 127. The SMILES string of the molecule is COc1ccc(S(=O)(=O)NC2CCC(C(N)=O)CC2)cc1I. The molecule has 0 atom stereocenters. The minimum Gasteiger partial charge on any atom is -0.496 e. The van der Waals surface area contributed by atoms with E-state index >= 15 is 0 Å². The van der Waals surface area contributed by atoms with Crippen molar-refractivity contribution in [1.82, 2.24) is 4.72 Å². The lowest BCUT2D eigenvalue weighted by molar-refractivity contribution is -0.122. The van der Waals surface area contributed by atoms with E-state index in [9.17, 15) is 13.2 Å². The van der Waals surface area contributed by atoms with Gasteiger partial charge in [-0.15, -0.1) is 0 Å². The Morgan fingerprint density at radius 3 is 2.45 bits per heavy atom. The lowest BCUT2D eigenvalue weighted by atomic mass is 9.86. The van der Waals surface area contributed by atoms with Crippen LogP contribution in [0.5, 0.6) is 5.75 Å². The van der Waals surface area contributed by atoms with Gasteiger partial charge in [-0.1, -0.05) is 0 Å². The quantitative estimate of drug-likeness (QED) is 0.683. The first-order valence-electron chi connectivity index (χ1n) is 6.98. The number of ether oxygens (including phenoxy) is 1. The van der Waals surface area contributed by atoms with E-state index in [0.29, 0.717) is 31.4 Å². The predicted molar refractivity (Wildman–Crippen MR) is 91.0 cm³/mol. The maximum absolute atomic E-state index is 12.4. The van der Waals surface area contributed by atoms with E-state index in [1.165, 1.54) is 6.07 Å². The molecule has 6 nitrogen and oxygen atoms in total. The summed E-state index contributed by atoms with van der Waals surface area (Å²) in [4.78, 5) is 11.4. The summed E-state index contributed by atoms with van der Waals surface area (Å²) in [6, 6.07) is 4.59. The van der Waals surface area contributed by atoms with E-state index in [4.69, 9.17) is 10.5 Å². The molecule has 8 heteroatoms. The third-order valence-corrected chi connectivity index (χ3v) is 6.25. The standard InChI is InChI=1S/C14H19IN2O4S/c1-21-13-7-6-11(8-12(13)15)22(19,20)17-10-4-2-9(3-5-10)14(16)18/h6-10,17H,2-5H2,1H3,(H2,16,18). The number of amides is 1. The first-order valence-corrected chi connectivity index (χ1v) is 9.55. The Hall–Kier alpha value is -0.870. The molecule has 1 fully saturated rings. The fourth-order valence-electron chi connectivity index (χ4n) is 2.60. The Balaban J connectivity index is 2.06. The summed E-state index contributed by atoms with van der Waals surface area (Å²) >= 11 is 2.04. The highest BCUT2D eigenvalue weighted by Crippen LogP contribution is 2.27. The largest absolute Gasteiger partial charge is 0.496 e. The Morgan fingerprint density at radius 2 is 1.95 bits per heavy atom. The lowest BCUT2D eigenvalue weighted by Crippen LogP contribution is -2.39. The summed E-state index contributed by atoms with van der Waals surface area (Å²) < 4.78 is 33.4. The van der Waals surface area contributed by atoms with Crippen LogP contribution in [0.1, 0.15) is 25.7 Å². The molecule has 0 aromatic heterocycles. The van der Waals surface area contributed by atoms with E-state index in [-0.39, 0.29) is 22.8 Å². The van der Waals surface area contributed by atoms with Gasteiger partial charge in [-0.2, -0.15) is 0 Å². The Kier molecular flexibility index (Phi) is 5.67. The second-order valence-electron chi connectivity index (χ2n) is 5.37. The van der Waals surface area contributed by atoms with Gasteiger partial charge in [0.2, 0.25) is 15.9 Å². The molecule has 0 radical (unpaired) electrons. The van der Waals surface area contributed by atoms with Gasteiger partial charge >= 0.3 is 0 Å². The molecule has 1 amide bonds. The van der Waals surface area contributed by atoms with Gasteiger partial charge in [-0.25, -0.2) is 13.1 Å². The number of carbonyl (C=O) groups is 1. The second kappa shape index (κ2) is 7.14. The Labute approximate surface area is 144 Å². The van der Waals surface area contributed by atoms with Crippen LogP contribution in [0.2, 0.25) is 0 Å². The fourth-order valence-corrected chi connectivity index (χ4v) is 4.88. The maximum atomic E-state index is 12.4. The van der Waals surface area contributed by atoms with Crippen molar-refractivity contribution in [3.05, 3.63) is 21.8 Å². The van der Waals surface area contributed by atoms with Crippen molar-refractivity contribution >= 4 is 38.5 Å². The summed E-state index contributed by atoms with van der Waals surface area (Å²) in [5, 5.41) is 0. The molecule has 2 rings (SSSR count). The monoisotopic (exact) mass is 438 g/mol. The molecular formula is C14H19IN2O4S. The zero-order chi connectivity index (χ0) is 16.3. The van der Waals surface area contributed by atoms with Crippen LogP contribution < -0.4 is 15.2 Å². The first kappa shape index (κ1) is 17.5. The highest BCUT2D eigenvalue weighted by Gasteiger charge is 2.28. The molecule has 0 bridgehead atoms. The van der Waals surface area contributed by atoms with Crippen LogP contribution in [0.15, 0.2) is 23.1 Å². The summed E-state index contributed by atoms with van der Waals surface area (Å²) in [6.07, 6.45) is 2.51. The number of nitrogens with one attached hydrogen (secondary N) is 1. The number of carbonyl (C=O) groups excluding carboxylic acids is 1. The van der Waals surface area contributed by atoms with Crippen molar-refractivity contribution in [1.29, 1.82) is 0 Å². The number of sulfonamides is 1. The molecule has 0 saturated heterocycles. The van der Waals surface area contributed by atoms with Crippen molar-refractivity contribution in [3.63, 3.8) is 0 Å². The van der Waals surface area contributed by atoms with Gasteiger partial charge < -0.3 is 10.5 Å². The Morgan fingerprint density at radius 1 is 1.32 bits per heavy atom. The van der Waals surface area contributed by atoms with Gasteiger partial charge in [0.1, 0.15) is 5.75 Å². The zero-order valence-electron chi connectivity index (χ0n) is 12.2. The number of benzene rings is 1. The van der Waals surface area contributed by atoms with Crippen LogP contribution >= 0.6 is 22.6 Å². The lowest BCUT2D eigenvalue weighted by Gasteiger charge is -2.27. The first-order chi connectivity index (χ1) is 10.3. The number of halogens is 1. The minimum atomic E-state index is -3.57. The molecule has 1 saturated carbocycles. The summed E-state index contributed by atoms with van der Waals surface area (Å²) in [5.74, 6) is 0.204. The van der Waals surface area contributed by atoms with Crippen LogP contribution in [0.3, 0.4) is 0 Å². The molecule has 1 aromatic carbocycles. The molecule has 22 heavy (non-hydrogen) atoms. The summed E-state index contributed by atoms with van der Waals surface area (Å²) in [5.41, 5.74) is 5.28. The van der Waals surface area contributed by atoms with Crippen molar-refractivity contribution in [3.8, 4) is 5.75 Å². The van der Waals surface area contributed by atoms with Crippen LogP contribution in [0, 0.1) is 9.49 Å². The van der Waals surface area contributed by atoms with Crippen LogP contribution in [-0.4, -0.2) is 27.5 Å². The van der Waals surface area contributed by atoms with E-state index < -0.39 is 10.0 Å². The van der Waals surface area contributed by atoms with E-state index in [1.54, 1.807) is 19.2 Å². The smallest absolute Gasteiger partial charge is 0.240 e. The normalized spacial score (nSPS) is 22.3. The number of nitrogens with two attached hydrogens (primary N) is 1. The maximum Gasteiger partial charge on any atom is 0.240 e. The molecule has 122 valence electrons. The molecule has 0 unspecified atom stereocenters. The third kappa shape index (κ3) is 4.11. The fraction of sp³-hybridized carbons (Fsp3) is 0.500. The van der Waals surface area contributed by atoms with Crippen molar-refractivity contribution in [2.75, 3.05) is 7.11 Å². The van der Waals surface area contributed by atoms with E-state index in [1.807, 2.05) is 22.6 Å². The zero-order valence-corrected chi connectivity index (χ0v) is 15.2. The van der Waals surface area contributed by atoms with Gasteiger partial charge in [0.05, 0.1) is 15.6 Å². The van der Waals surface area contributed by atoms with Gasteiger partial charge in [-0.05, 0) is 66.5 Å². The molecule has 1 aliphatic rings. The average Bonchev–Trinajstić information content (AvgIpc) is 2.47. The van der Waals surface area contributed by atoms with Gasteiger partial charge in [0.25, 0.3) is 0 Å². The predicted octanol–water partition coefficient (Wildman–Crippen LogP) is 1.62. The average molecular weight is 438 g/mol. The number of hydrogen-bond donors (Lipinski definition) is 2. The molecule has 0 heterocycles. The molecule has 0 aliphatic heterocycles. The van der Waals surface area contributed by atoms with Crippen molar-refractivity contribution < 1.29 is 17.9 Å². The van der Waals surface area contributed by atoms with Crippen molar-refractivity contribution in [2.24, 2.45) is 11.7 Å². The van der Waals surface area contributed by atoms with Gasteiger partial charge in [0.15, 0.2) is 0 Å². The summed E-state index contributed by atoms with van der Waals surface area (Å²) in [7, 11) is -2.03. The Bertz CT molecular complexity index is 655. The number of primary amides is 1. The van der Waals surface area contributed by atoms with Crippen LogP contribution in [0.4, 0.5) is 0 Å². The molecule has 3 N–H and O–H groups in total. The number of hydrogen-bond acceptors (Lipinski definition) is 4. The molecular weight excluding hydrogens is 419 g/mol. The highest BCUT2D eigenvalue weighted by molar-refractivity contribution is 14.1.